The predicted molar refractivity (Wildman–Crippen MR) is 93.1 cm³/mol. The van der Waals surface area contributed by atoms with E-state index in [0.717, 1.165) is 17.0 Å². The van der Waals surface area contributed by atoms with Gasteiger partial charge in [0, 0.05) is 21.2 Å². The van der Waals surface area contributed by atoms with Crippen molar-refractivity contribution in [2.75, 3.05) is 5.32 Å². The number of anilines is 1. The Morgan fingerprint density at radius 3 is 2.71 bits per heavy atom. The van der Waals surface area contributed by atoms with E-state index in [1.165, 1.54) is 39.9 Å². The number of aryl methyl sites for hydroxylation is 1. The fourth-order valence-electron chi connectivity index (χ4n) is 2.40. The van der Waals surface area contributed by atoms with Crippen LogP contribution in [0.25, 0.3) is 6.08 Å². The van der Waals surface area contributed by atoms with Gasteiger partial charge in [0.15, 0.2) is 0 Å². The molecule has 1 N–H and O–H groups in total. The lowest BCUT2D eigenvalue weighted by Gasteiger charge is -2.14. The molecule has 0 atom stereocenters. The van der Waals surface area contributed by atoms with Crippen LogP contribution in [-0.4, -0.2) is 5.91 Å². The van der Waals surface area contributed by atoms with Crippen LogP contribution < -0.4 is 5.32 Å². The third-order valence-corrected chi connectivity index (χ3v) is 6.09. The van der Waals surface area contributed by atoms with Gasteiger partial charge >= 0.3 is 6.18 Å². The molecule has 0 fully saturated rings. The smallest absolute Gasteiger partial charge is 0.322 e. The van der Waals surface area contributed by atoms with Crippen molar-refractivity contribution >= 4 is 40.8 Å². The number of hydrogen-bond acceptors (Lipinski definition) is 3. The van der Waals surface area contributed by atoms with Crippen molar-refractivity contribution in [3.63, 3.8) is 0 Å². The van der Waals surface area contributed by atoms with Crippen molar-refractivity contribution in [1.29, 1.82) is 0 Å². The Labute approximate surface area is 145 Å². The molecule has 126 valence electrons. The van der Waals surface area contributed by atoms with Crippen molar-refractivity contribution in [3.8, 4) is 0 Å². The number of hydrogen-bond donors (Lipinski definition) is 1. The first-order valence-electron chi connectivity index (χ1n) is 7.17. The molecule has 1 aromatic carbocycles. The molecule has 2 nitrogen and oxygen atoms in total. The Hall–Kier alpha value is -1.73. The summed E-state index contributed by atoms with van der Waals surface area (Å²) < 4.78 is 38.2. The maximum atomic E-state index is 12.7. The molecule has 0 bridgehead atoms. The zero-order valence-corrected chi connectivity index (χ0v) is 14.6. The van der Waals surface area contributed by atoms with E-state index in [2.05, 4.69) is 12.2 Å². The Morgan fingerprint density at radius 2 is 2.00 bits per heavy atom. The van der Waals surface area contributed by atoms with Gasteiger partial charge in [0.2, 0.25) is 0 Å². The van der Waals surface area contributed by atoms with Gasteiger partial charge in [-0.3, -0.25) is 4.79 Å². The minimum Gasteiger partial charge on any atom is -0.322 e. The normalized spacial score (nSPS) is 14.1. The highest BCUT2D eigenvalue weighted by Crippen LogP contribution is 2.39. The fraction of sp³-hybridized carbons (Fsp3) is 0.235. The molecule has 7 heteroatoms. The number of benzene rings is 1. The van der Waals surface area contributed by atoms with Crippen LogP contribution in [-0.2, 0) is 16.7 Å². The lowest BCUT2D eigenvalue weighted by molar-refractivity contribution is -0.137. The van der Waals surface area contributed by atoms with E-state index in [9.17, 15) is 18.0 Å². The van der Waals surface area contributed by atoms with Gasteiger partial charge < -0.3 is 5.32 Å². The molecular weight excluding hydrogens is 355 g/mol. The summed E-state index contributed by atoms with van der Waals surface area (Å²) in [5, 5.41) is 2.55. The number of fused-ring (bicyclic) bond motifs is 1. The second-order valence-corrected chi connectivity index (χ2v) is 7.73. The largest absolute Gasteiger partial charge is 0.416 e. The topological polar surface area (TPSA) is 29.1 Å². The van der Waals surface area contributed by atoms with Crippen LogP contribution in [0.3, 0.4) is 0 Å². The van der Waals surface area contributed by atoms with E-state index in [-0.39, 0.29) is 11.6 Å². The van der Waals surface area contributed by atoms with Crippen LogP contribution in [0.2, 0.25) is 0 Å². The van der Waals surface area contributed by atoms with Crippen LogP contribution >= 0.6 is 23.1 Å². The van der Waals surface area contributed by atoms with Gasteiger partial charge in [-0.25, -0.2) is 0 Å². The van der Waals surface area contributed by atoms with Crippen LogP contribution in [0.1, 0.15) is 26.4 Å². The first-order chi connectivity index (χ1) is 11.3. The van der Waals surface area contributed by atoms with E-state index in [1.807, 2.05) is 13.0 Å². The molecule has 3 rings (SSSR count). The Balaban J connectivity index is 1.81. The van der Waals surface area contributed by atoms with Gasteiger partial charge in [-0.2, -0.15) is 13.2 Å². The van der Waals surface area contributed by atoms with Gasteiger partial charge in [0.25, 0.3) is 5.91 Å². The van der Waals surface area contributed by atoms with E-state index < -0.39 is 11.7 Å². The summed E-state index contributed by atoms with van der Waals surface area (Å²) in [6, 6.07) is 4.65. The molecule has 1 aromatic heterocycles. The van der Waals surface area contributed by atoms with Crippen molar-refractivity contribution in [3.05, 3.63) is 55.6 Å². The summed E-state index contributed by atoms with van der Waals surface area (Å²) in [6.07, 6.45) is -2.61. The van der Waals surface area contributed by atoms with Crippen molar-refractivity contribution in [2.24, 2.45) is 0 Å². The molecule has 0 aliphatic carbocycles. The lowest BCUT2D eigenvalue weighted by Crippen LogP contribution is -2.15. The van der Waals surface area contributed by atoms with Gasteiger partial charge in [0.05, 0.1) is 10.5 Å². The standard InChI is InChI=1S/C17H14F3NOS2/c1-9-10(2)24-14-7-15(23-8-13(9)14)16(22)21-12-5-3-4-11(6-12)17(18,19)20/h3-7H,8H2,1-2H3,(H,21,22). The quantitative estimate of drug-likeness (QED) is 0.745. The first-order valence-corrected chi connectivity index (χ1v) is 8.98. The van der Waals surface area contributed by atoms with E-state index in [4.69, 9.17) is 0 Å². The average Bonchev–Trinajstić information content (AvgIpc) is 2.81. The third-order valence-electron chi connectivity index (χ3n) is 3.85. The number of amides is 1. The maximum Gasteiger partial charge on any atom is 0.416 e. The second kappa shape index (κ2) is 6.29. The van der Waals surface area contributed by atoms with Gasteiger partial charge in [0.1, 0.15) is 0 Å². The zero-order valence-electron chi connectivity index (χ0n) is 13.0. The molecule has 2 heterocycles. The van der Waals surface area contributed by atoms with Gasteiger partial charge in [-0.05, 0) is 49.2 Å². The second-order valence-electron chi connectivity index (χ2n) is 5.46. The summed E-state index contributed by atoms with van der Waals surface area (Å²) in [7, 11) is 0. The number of halogens is 3. The fourth-order valence-corrected chi connectivity index (χ4v) is 4.76. The van der Waals surface area contributed by atoms with Crippen molar-refractivity contribution in [2.45, 2.75) is 25.8 Å². The highest BCUT2D eigenvalue weighted by molar-refractivity contribution is 8.03. The first kappa shape index (κ1) is 17.1. The monoisotopic (exact) mass is 369 g/mol. The molecule has 0 radical (unpaired) electrons. The number of carbonyl (C=O) groups excluding carboxylic acids is 1. The molecule has 0 spiro atoms. The Kier molecular flexibility index (Phi) is 4.48. The third kappa shape index (κ3) is 3.37. The SMILES string of the molecule is Cc1sc2c(c1C)CSC(C(=O)Nc1cccc(C(F)(F)F)c1)=C2. The maximum absolute atomic E-state index is 12.7. The van der Waals surface area contributed by atoms with Crippen LogP contribution in [0.5, 0.6) is 0 Å². The number of rotatable bonds is 2. The van der Waals surface area contributed by atoms with Gasteiger partial charge in [-0.1, -0.05) is 6.07 Å². The van der Waals surface area contributed by atoms with Crippen molar-refractivity contribution in [1.82, 2.24) is 0 Å². The number of alkyl halides is 3. The average molecular weight is 369 g/mol. The molecule has 0 saturated carbocycles. The van der Waals surface area contributed by atoms with E-state index in [1.54, 1.807) is 11.3 Å². The zero-order chi connectivity index (χ0) is 17.5. The number of thiophene rings is 1. The Morgan fingerprint density at radius 1 is 1.25 bits per heavy atom. The van der Waals surface area contributed by atoms with Crippen LogP contribution in [0.15, 0.2) is 29.2 Å². The minimum atomic E-state index is -4.43. The Bertz CT molecular complexity index is 837. The van der Waals surface area contributed by atoms with E-state index in [0.29, 0.717) is 10.7 Å². The molecular formula is C17H14F3NOS2. The van der Waals surface area contributed by atoms with E-state index >= 15 is 0 Å². The molecule has 2 aromatic rings. The molecule has 1 amide bonds. The summed E-state index contributed by atoms with van der Waals surface area (Å²) in [6.45, 7) is 4.10. The molecule has 24 heavy (non-hydrogen) atoms. The molecule has 0 unspecified atom stereocenters. The molecule has 0 saturated heterocycles. The highest BCUT2D eigenvalue weighted by atomic mass is 32.2. The molecule has 1 aliphatic heterocycles. The number of nitrogens with one attached hydrogen (secondary N) is 1. The number of carbonyl (C=O) groups is 1. The summed E-state index contributed by atoms with van der Waals surface area (Å²) in [5.41, 5.74) is 1.84. The van der Waals surface area contributed by atoms with Crippen LogP contribution in [0, 0.1) is 13.8 Å². The number of thioether (sulfide) groups is 1. The summed E-state index contributed by atoms with van der Waals surface area (Å²) in [5.74, 6) is 0.321. The van der Waals surface area contributed by atoms with Crippen LogP contribution in [0.4, 0.5) is 18.9 Å². The minimum absolute atomic E-state index is 0.140. The molecule has 1 aliphatic rings. The lowest BCUT2D eigenvalue weighted by atomic mass is 10.1. The predicted octanol–water partition coefficient (Wildman–Crippen LogP) is 5.61. The van der Waals surface area contributed by atoms with Gasteiger partial charge in [-0.15, -0.1) is 23.1 Å². The summed E-state index contributed by atoms with van der Waals surface area (Å²) >= 11 is 3.04. The van der Waals surface area contributed by atoms with Crippen molar-refractivity contribution < 1.29 is 18.0 Å². The highest BCUT2D eigenvalue weighted by Gasteiger charge is 2.30. The summed E-state index contributed by atoms with van der Waals surface area (Å²) in [4.78, 5) is 15.1.